The third kappa shape index (κ3) is 3.62. The van der Waals surface area contributed by atoms with Crippen LogP contribution in [-0.2, 0) is 16.6 Å². The van der Waals surface area contributed by atoms with Crippen molar-refractivity contribution in [1.82, 2.24) is 18.9 Å². The van der Waals surface area contributed by atoms with Crippen LogP contribution in [0.4, 0.5) is 5.13 Å². The standard InChI is InChI=1S/C16H19N5O3S2/c1-11(2)20(3)26(23,24)13-6-4-12(5-7-13)10-18-15-19-21-14(22)8-9-17-16(21)25-15/h4-9,11H,10H2,1-3H3,(H,18,19). The van der Waals surface area contributed by atoms with E-state index in [0.29, 0.717) is 16.6 Å². The Balaban J connectivity index is 1.73. The van der Waals surface area contributed by atoms with Gasteiger partial charge in [-0.15, -0.1) is 5.10 Å². The molecule has 2 aromatic heterocycles. The van der Waals surface area contributed by atoms with Crippen LogP contribution < -0.4 is 10.9 Å². The molecule has 0 atom stereocenters. The topological polar surface area (TPSA) is 96.7 Å². The number of fused-ring (bicyclic) bond motifs is 1. The predicted octanol–water partition coefficient (Wildman–Crippen LogP) is 1.79. The van der Waals surface area contributed by atoms with Crippen molar-refractivity contribution in [3.05, 3.63) is 52.4 Å². The third-order valence-corrected chi connectivity index (χ3v) is 6.87. The van der Waals surface area contributed by atoms with Crippen LogP contribution in [0.2, 0.25) is 0 Å². The Labute approximate surface area is 155 Å². The zero-order valence-corrected chi connectivity index (χ0v) is 16.2. The number of nitrogens with one attached hydrogen (secondary N) is 1. The Kier molecular flexibility index (Phi) is 5.08. The molecule has 0 spiro atoms. The molecule has 1 aromatic carbocycles. The van der Waals surface area contributed by atoms with Crippen LogP contribution in [-0.4, -0.2) is 40.4 Å². The van der Waals surface area contributed by atoms with Crippen LogP contribution in [0.1, 0.15) is 19.4 Å². The van der Waals surface area contributed by atoms with Crippen molar-refractivity contribution in [3.8, 4) is 0 Å². The smallest absolute Gasteiger partial charge is 0.275 e. The summed E-state index contributed by atoms with van der Waals surface area (Å²) in [5.74, 6) is 0. The fourth-order valence-corrected chi connectivity index (χ4v) is 4.35. The van der Waals surface area contributed by atoms with Crippen LogP contribution in [0.15, 0.2) is 46.2 Å². The van der Waals surface area contributed by atoms with E-state index in [1.54, 1.807) is 31.3 Å². The molecule has 3 rings (SSSR count). The van der Waals surface area contributed by atoms with Crippen LogP contribution in [0.5, 0.6) is 0 Å². The van der Waals surface area contributed by atoms with E-state index in [2.05, 4.69) is 15.4 Å². The first-order valence-electron chi connectivity index (χ1n) is 7.95. The molecule has 0 saturated carbocycles. The normalized spacial score (nSPS) is 12.2. The number of aromatic nitrogens is 3. The fourth-order valence-electron chi connectivity index (χ4n) is 2.22. The number of rotatable bonds is 6. The average molecular weight is 393 g/mol. The Bertz CT molecular complexity index is 1070. The van der Waals surface area contributed by atoms with Crippen LogP contribution in [0.3, 0.4) is 0 Å². The molecule has 2 heterocycles. The Morgan fingerprint density at radius 3 is 2.54 bits per heavy atom. The molecular formula is C16H19N5O3S2. The first-order chi connectivity index (χ1) is 12.3. The van der Waals surface area contributed by atoms with Gasteiger partial charge in [-0.3, -0.25) is 4.79 Å². The molecule has 0 bridgehead atoms. The number of anilines is 1. The minimum Gasteiger partial charge on any atom is -0.356 e. The number of nitrogens with zero attached hydrogens (tertiary/aromatic N) is 4. The highest BCUT2D eigenvalue weighted by molar-refractivity contribution is 7.89. The second-order valence-electron chi connectivity index (χ2n) is 6.00. The highest BCUT2D eigenvalue weighted by Crippen LogP contribution is 2.19. The summed E-state index contributed by atoms with van der Waals surface area (Å²) in [6, 6.07) is 7.93. The molecule has 0 aliphatic carbocycles. The lowest BCUT2D eigenvalue weighted by atomic mass is 10.2. The van der Waals surface area contributed by atoms with E-state index >= 15 is 0 Å². The number of hydrogen-bond donors (Lipinski definition) is 1. The molecule has 138 valence electrons. The molecule has 0 radical (unpaired) electrons. The number of sulfonamides is 1. The molecule has 0 saturated heterocycles. The van der Waals surface area contributed by atoms with Crippen LogP contribution >= 0.6 is 11.3 Å². The van der Waals surface area contributed by atoms with Gasteiger partial charge in [0.25, 0.3) is 5.56 Å². The lowest BCUT2D eigenvalue weighted by molar-refractivity contribution is 0.410. The molecule has 0 unspecified atom stereocenters. The summed E-state index contributed by atoms with van der Waals surface area (Å²) in [5.41, 5.74) is 0.666. The van der Waals surface area contributed by atoms with E-state index in [9.17, 15) is 13.2 Å². The summed E-state index contributed by atoms with van der Waals surface area (Å²) < 4.78 is 27.5. The minimum absolute atomic E-state index is 0.114. The van der Waals surface area contributed by atoms with Crippen molar-refractivity contribution in [2.45, 2.75) is 31.3 Å². The maximum Gasteiger partial charge on any atom is 0.275 e. The predicted molar refractivity (Wildman–Crippen MR) is 101 cm³/mol. The van der Waals surface area contributed by atoms with Crippen molar-refractivity contribution < 1.29 is 8.42 Å². The van der Waals surface area contributed by atoms with Gasteiger partial charge in [-0.1, -0.05) is 23.5 Å². The van der Waals surface area contributed by atoms with Gasteiger partial charge >= 0.3 is 0 Å². The van der Waals surface area contributed by atoms with Gasteiger partial charge < -0.3 is 5.32 Å². The first-order valence-corrected chi connectivity index (χ1v) is 10.2. The lowest BCUT2D eigenvalue weighted by Crippen LogP contribution is -2.33. The highest BCUT2D eigenvalue weighted by atomic mass is 32.2. The van der Waals surface area contributed by atoms with Gasteiger partial charge in [0.15, 0.2) is 0 Å². The van der Waals surface area contributed by atoms with Crippen molar-refractivity contribution >= 4 is 31.5 Å². The van der Waals surface area contributed by atoms with Crippen LogP contribution in [0.25, 0.3) is 4.96 Å². The van der Waals surface area contributed by atoms with E-state index < -0.39 is 10.0 Å². The van der Waals surface area contributed by atoms with Gasteiger partial charge in [0.2, 0.25) is 20.1 Å². The van der Waals surface area contributed by atoms with Crippen molar-refractivity contribution in [1.29, 1.82) is 0 Å². The summed E-state index contributed by atoms with van der Waals surface area (Å²) >= 11 is 1.27. The largest absolute Gasteiger partial charge is 0.356 e. The Morgan fingerprint density at radius 2 is 1.92 bits per heavy atom. The summed E-state index contributed by atoms with van der Waals surface area (Å²) in [4.78, 5) is 16.5. The summed E-state index contributed by atoms with van der Waals surface area (Å²) in [7, 11) is -1.92. The molecule has 0 aliphatic heterocycles. The van der Waals surface area contributed by atoms with Crippen LogP contribution in [0, 0.1) is 0 Å². The summed E-state index contributed by atoms with van der Waals surface area (Å²) in [6.07, 6.45) is 1.45. The van der Waals surface area contributed by atoms with E-state index in [1.807, 2.05) is 13.8 Å². The molecule has 26 heavy (non-hydrogen) atoms. The quantitative estimate of drug-likeness (QED) is 0.686. The first kappa shape index (κ1) is 18.5. The number of benzene rings is 1. The van der Waals surface area contributed by atoms with Crippen molar-refractivity contribution in [3.63, 3.8) is 0 Å². The zero-order valence-electron chi connectivity index (χ0n) is 14.6. The molecule has 3 aromatic rings. The second kappa shape index (κ2) is 7.14. The van der Waals surface area contributed by atoms with Gasteiger partial charge in [-0.2, -0.15) is 8.82 Å². The summed E-state index contributed by atoms with van der Waals surface area (Å²) in [5, 5.41) is 7.86. The molecule has 0 fully saturated rings. The van der Waals surface area contributed by atoms with Gasteiger partial charge in [0, 0.05) is 31.9 Å². The maximum atomic E-state index is 12.5. The Morgan fingerprint density at radius 1 is 1.23 bits per heavy atom. The lowest BCUT2D eigenvalue weighted by Gasteiger charge is -2.21. The van der Waals surface area contributed by atoms with E-state index in [4.69, 9.17) is 0 Å². The van der Waals surface area contributed by atoms with Gasteiger partial charge in [-0.25, -0.2) is 13.4 Å². The molecule has 1 N–H and O–H groups in total. The molecular weight excluding hydrogens is 374 g/mol. The van der Waals surface area contributed by atoms with Gasteiger partial charge in [0.05, 0.1) is 4.90 Å². The van der Waals surface area contributed by atoms with E-state index in [1.165, 1.54) is 32.4 Å². The highest BCUT2D eigenvalue weighted by Gasteiger charge is 2.22. The minimum atomic E-state index is -3.49. The van der Waals surface area contributed by atoms with Gasteiger partial charge in [-0.05, 0) is 31.5 Å². The monoisotopic (exact) mass is 393 g/mol. The second-order valence-corrected chi connectivity index (χ2v) is 8.95. The number of hydrogen-bond acceptors (Lipinski definition) is 7. The molecule has 8 nitrogen and oxygen atoms in total. The molecule has 0 amide bonds. The molecule has 10 heteroatoms. The average Bonchev–Trinajstić information content (AvgIpc) is 3.04. The maximum absolute atomic E-state index is 12.5. The fraction of sp³-hybridized carbons (Fsp3) is 0.312. The van der Waals surface area contributed by atoms with Gasteiger partial charge in [0.1, 0.15) is 0 Å². The SMILES string of the molecule is CC(C)N(C)S(=O)(=O)c1ccc(CNc2nn3c(=O)ccnc3s2)cc1. The molecule has 0 aliphatic rings. The Hall–Kier alpha value is -2.30. The third-order valence-electron chi connectivity index (χ3n) is 3.94. The zero-order chi connectivity index (χ0) is 18.9. The van der Waals surface area contributed by atoms with E-state index in [-0.39, 0.29) is 16.5 Å². The van der Waals surface area contributed by atoms with Crippen molar-refractivity contribution in [2.24, 2.45) is 0 Å². The van der Waals surface area contributed by atoms with E-state index in [0.717, 1.165) is 5.56 Å². The van der Waals surface area contributed by atoms with Crippen molar-refractivity contribution in [2.75, 3.05) is 12.4 Å². The summed E-state index contributed by atoms with van der Waals surface area (Å²) in [6.45, 7) is 4.11.